The summed E-state index contributed by atoms with van der Waals surface area (Å²) in [7, 11) is 0. The molecule has 0 bridgehead atoms. The van der Waals surface area contributed by atoms with Gasteiger partial charge in [-0.2, -0.15) is 13.2 Å². The number of hydrogen-bond donors (Lipinski definition) is 1. The zero-order chi connectivity index (χ0) is 14.0. The maximum absolute atomic E-state index is 12.7. The highest BCUT2D eigenvalue weighted by Crippen LogP contribution is 2.40. The lowest BCUT2D eigenvalue weighted by atomic mass is 9.96. The van der Waals surface area contributed by atoms with E-state index in [1.807, 2.05) is 0 Å². The molecule has 1 aromatic carbocycles. The molecule has 2 rings (SSSR count). The molecule has 1 aliphatic rings. The second-order valence-electron chi connectivity index (χ2n) is 4.79. The molecule has 5 heteroatoms. The van der Waals surface area contributed by atoms with Crippen LogP contribution in [-0.2, 0) is 17.3 Å². The molecule has 0 aliphatic heterocycles. The van der Waals surface area contributed by atoms with E-state index in [1.165, 1.54) is 6.07 Å². The van der Waals surface area contributed by atoms with Gasteiger partial charge >= 0.3 is 6.18 Å². The number of fused-ring (bicyclic) bond motifs is 1. The van der Waals surface area contributed by atoms with Crippen LogP contribution in [-0.4, -0.2) is 18.0 Å². The van der Waals surface area contributed by atoms with Crippen molar-refractivity contribution in [3.05, 3.63) is 34.9 Å². The van der Waals surface area contributed by atoms with Crippen LogP contribution in [0.1, 0.15) is 42.4 Å². The number of alkyl halides is 3. The highest BCUT2D eigenvalue weighted by molar-refractivity contribution is 5.39. The first-order valence-corrected chi connectivity index (χ1v) is 6.41. The topological polar surface area (TPSA) is 29.5 Å². The number of aryl methyl sites for hydroxylation is 1. The molecule has 0 spiro atoms. The molecular weight excluding hydrogens is 257 g/mol. The molecule has 0 radical (unpaired) electrons. The summed E-state index contributed by atoms with van der Waals surface area (Å²) in [4.78, 5) is 0. The van der Waals surface area contributed by atoms with Crippen molar-refractivity contribution in [1.29, 1.82) is 0 Å². The third-order valence-corrected chi connectivity index (χ3v) is 3.52. The first-order chi connectivity index (χ1) is 8.91. The molecule has 0 saturated carbocycles. The van der Waals surface area contributed by atoms with Gasteiger partial charge in [-0.25, -0.2) is 0 Å². The molecule has 0 amide bonds. The second-order valence-corrected chi connectivity index (χ2v) is 4.79. The van der Waals surface area contributed by atoms with E-state index in [9.17, 15) is 18.3 Å². The van der Waals surface area contributed by atoms with Crippen molar-refractivity contribution in [3.8, 4) is 0 Å². The van der Waals surface area contributed by atoms with Gasteiger partial charge < -0.3 is 9.84 Å². The predicted molar refractivity (Wildman–Crippen MR) is 64.8 cm³/mol. The van der Waals surface area contributed by atoms with Crippen molar-refractivity contribution in [1.82, 2.24) is 0 Å². The molecular formula is C14H17F3O2. The highest BCUT2D eigenvalue weighted by Gasteiger charge is 2.33. The average molecular weight is 274 g/mol. The SMILES string of the molecule is CCOC(O)CC1CCc2ccc(C(F)(F)F)cc21. The lowest BCUT2D eigenvalue weighted by Gasteiger charge is -2.17. The first kappa shape index (κ1) is 14.3. The number of ether oxygens (including phenoxy) is 1. The zero-order valence-electron chi connectivity index (χ0n) is 10.7. The number of benzene rings is 1. The maximum Gasteiger partial charge on any atom is 0.416 e. The van der Waals surface area contributed by atoms with Crippen LogP contribution < -0.4 is 0 Å². The Hall–Kier alpha value is -1.07. The molecule has 19 heavy (non-hydrogen) atoms. The van der Waals surface area contributed by atoms with Crippen LogP contribution in [0.3, 0.4) is 0 Å². The number of hydrogen-bond acceptors (Lipinski definition) is 2. The van der Waals surface area contributed by atoms with Gasteiger partial charge in [0.05, 0.1) is 5.56 Å². The van der Waals surface area contributed by atoms with E-state index in [4.69, 9.17) is 4.74 Å². The van der Waals surface area contributed by atoms with Gasteiger partial charge in [0.15, 0.2) is 6.29 Å². The highest BCUT2D eigenvalue weighted by atomic mass is 19.4. The summed E-state index contributed by atoms with van der Waals surface area (Å²) in [5, 5.41) is 9.62. The summed E-state index contributed by atoms with van der Waals surface area (Å²) in [6.07, 6.45) is -3.35. The lowest BCUT2D eigenvalue weighted by molar-refractivity contribution is -0.137. The number of rotatable bonds is 4. The first-order valence-electron chi connectivity index (χ1n) is 6.41. The fourth-order valence-electron chi connectivity index (χ4n) is 2.61. The van der Waals surface area contributed by atoms with Crippen LogP contribution in [0, 0.1) is 0 Å². The maximum atomic E-state index is 12.7. The molecule has 1 aliphatic carbocycles. The third kappa shape index (κ3) is 3.28. The smallest absolute Gasteiger partial charge is 0.368 e. The average Bonchev–Trinajstić information content (AvgIpc) is 2.71. The Morgan fingerprint density at radius 3 is 2.79 bits per heavy atom. The van der Waals surface area contributed by atoms with Crippen molar-refractivity contribution in [3.63, 3.8) is 0 Å². The molecule has 2 nitrogen and oxygen atoms in total. The summed E-state index contributed by atoms with van der Waals surface area (Å²) in [6, 6.07) is 3.89. The van der Waals surface area contributed by atoms with E-state index in [2.05, 4.69) is 0 Å². The normalized spacial score (nSPS) is 20.4. The summed E-state index contributed by atoms with van der Waals surface area (Å²) in [5.41, 5.74) is 1.03. The predicted octanol–water partition coefficient (Wildman–Crippen LogP) is 3.48. The van der Waals surface area contributed by atoms with Crippen LogP contribution in [0.2, 0.25) is 0 Å². The van der Waals surface area contributed by atoms with Crippen LogP contribution in [0.5, 0.6) is 0 Å². The van der Waals surface area contributed by atoms with Crippen LogP contribution >= 0.6 is 0 Å². The Balaban J connectivity index is 2.18. The largest absolute Gasteiger partial charge is 0.416 e. The van der Waals surface area contributed by atoms with Crippen molar-refractivity contribution in [2.75, 3.05) is 6.61 Å². The Kier molecular flexibility index (Phi) is 4.16. The molecule has 0 heterocycles. The summed E-state index contributed by atoms with van der Waals surface area (Å²) < 4.78 is 43.1. The summed E-state index contributed by atoms with van der Waals surface area (Å²) >= 11 is 0. The molecule has 2 unspecified atom stereocenters. The van der Waals surface area contributed by atoms with Crippen molar-refractivity contribution >= 4 is 0 Å². The van der Waals surface area contributed by atoms with Gasteiger partial charge in [-0.1, -0.05) is 6.07 Å². The van der Waals surface area contributed by atoms with Crippen molar-refractivity contribution in [2.45, 2.75) is 44.6 Å². The fourth-order valence-corrected chi connectivity index (χ4v) is 2.61. The summed E-state index contributed by atoms with van der Waals surface area (Å²) in [5.74, 6) is -0.0566. The van der Waals surface area contributed by atoms with Crippen LogP contribution in [0.4, 0.5) is 13.2 Å². The van der Waals surface area contributed by atoms with Crippen molar-refractivity contribution < 1.29 is 23.0 Å². The van der Waals surface area contributed by atoms with E-state index in [0.29, 0.717) is 18.6 Å². The van der Waals surface area contributed by atoms with E-state index in [1.54, 1.807) is 13.0 Å². The van der Waals surface area contributed by atoms with Gasteiger partial charge in [-0.05, 0) is 48.9 Å². The lowest BCUT2D eigenvalue weighted by Crippen LogP contribution is -2.15. The molecule has 0 fully saturated rings. The van der Waals surface area contributed by atoms with Gasteiger partial charge in [0, 0.05) is 13.0 Å². The molecule has 106 valence electrons. The van der Waals surface area contributed by atoms with Gasteiger partial charge in [0.2, 0.25) is 0 Å². The number of aliphatic hydroxyl groups excluding tert-OH is 1. The van der Waals surface area contributed by atoms with E-state index in [0.717, 1.165) is 24.5 Å². The van der Waals surface area contributed by atoms with Gasteiger partial charge in [-0.15, -0.1) is 0 Å². The Bertz CT molecular complexity index is 443. The zero-order valence-corrected chi connectivity index (χ0v) is 10.7. The molecule has 2 atom stereocenters. The minimum absolute atomic E-state index is 0.0566. The van der Waals surface area contributed by atoms with Crippen LogP contribution in [0.25, 0.3) is 0 Å². The second kappa shape index (κ2) is 5.51. The Labute approximate surface area is 110 Å². The van der Waals surface area contributed by atoms with E-state index >= 15 is 0 Å². The number of halogens is 3. The Morgan fingerprint density at radius 1 is 1.42 bits per heavy atom. The van der Waals surface area contributed by atoms with E-state index in [-0.39, 0.29) is 5.92 Å². The minimum atomic E-state index is -4.32. The molecule has 0 aromatic heterocycles. The monoisotopic (exact) mass is 274 g/mol. The minimum Gasteiger partial charge on any atom is -0.368 e. The standard InChI is InChI=1S/C14H17F3O2/c1-2-19-13(18)7-10-4-3-9-5-6-11(8-12(9)10)14(15,16)17/h5-6,8,10,13,18H,2-4,7H2,1H3. The molecule has 1 N–H and O–H groups in total. The summed E-state index contributed by atoms with van der Waals surface area (Å²) in [6.45, 7) is 2.16. The van der Waals surface area contributed by atoms with E-state index < -0.39 is 18.0 Å². The molecule has 1 aromatic rings. The quantitative estimate of drug-likeness (QED) is 0.852. The van der Waals surface area contributed by atoms with Gasteiger partial charge in [0.1, 0.15) is 0 Å². The third-order valence-electron chi connectivity index (χ3n) is 3.52. The van der Waals surface area contributed by atoms with Gasteiger partial charge in [-0.3, -0.25) is 0 Å². The van der Waals surface area contributed by atoms with Crippen molar-refractivity contribution in [2.24, 2.45) is 0 Å². The fraction of sp³-hybridized carbons (Fsp3) is 0.571. The number of aliphatic hydroxyl groups is 1. The van der Waals surface area contributed by atoms with Crippen LogP contribution in [0.15, 0.2) is 18.2 Å². The molecule has 0 saturated heterocycles. The van der Waals surface area contributed by atoms with Gasteiger partial charge in [0.25, 0.3) is 0 Å². The Morgan fingerprint density at radius 2 is 2.16 bits per heavy atom.